The van der Waals surface area contributed by atoms with Crippen molar-refractivity contribution in [3.63, 3.8) is 0 Å². The fourth-order valence-corrected chi connectivity index (χ4v) is 1.85. The second kappa shape index (κ2) is 6.06. The molecule has 20 heavy (non-hydrogen) atoms. The van der Waals surface area contributed by atoms with Gasteiger partial charge in [0.1, 0.15) is 11.6 Å². The molecular formula is C15H17N3O2. The summed E-state index contributed by atoms with van der Waals surface area (Å²) >= 11 is 0. The first-order valence-electron chi connectivity index (χ1n) is 6.34. The third-order valence-corrected chi connectivity index (χ3v) is 2.78. The molecule has 0 fully saturated rings. The lowest BCUT2D eigenvalue weighted by molar-refractivity contribution is 0.0992. The van der Waals surface area contributed by atoms with Crippen molar-refractivity contribution in [2.24, 2.45) is 0 Å². The predicted octanol–water partition coefficient (Wildman–Crippen LogP) is 2.34. The van der Waals surface area contributed by atoms with Gasteiger partial charge in [0.2, 0.25) is 0 Å². The minimum Gasteiger partial charge on any atom is -0.494 e. The Morgan fingerprint density at radius 2 is 2.15 bits per heavy atom. The first-order valence-corrected chi connectivity index (χ1v) is 6.34. The molecule has 0 bridgehead atoms. The lowest BCUT2D eigenvalue weighted by Gasteiger charge is -2.17. The molecule has 0 spiro atoms. The summed E-state index contributed by atoms with van der Waals surface area (Å²) in [5.74, 6) is 0.986. The van der Waals surface area contributed by atoms with E-state index < -0.39 is 0 Å². The van der Waals surface area contributed by atoms with Crippen LogP contribution >= 0.6 is 0 Å². The minimum atomic E-state index is -0.183. The standard InChI is InChI=1S/C15H17N3O2/c1-3-20-13-9-11(8-12(16)10-13)15(19)18(2)14-6-4-5-7-17-14/h4-10H,3,16H2,1-2H3. The molecule has 1 amide bonds. The molecule has 104 valence electrons. The van der Waals surface area contributed by atoms with Gasteiger partial charge in [-0.05, 0) is 31.2 Å². The summed E-state index contributed by atoms with van der Waals surface area (Å²) in [4.78, 5) is 18.1. The van der Waals surface area contributed by atoms with Crippen LogP contribution in [0.15, 0.2) is 42.6 Å². The van der Waals surface area contributed by atoms with Crippen molar-refractivity contribution in [3.8, 4) is 5.75 Å². The van der Waals surface area contributed by atoms with Crippen molar-refractivity contribution in [1.82, 2.24) is 4.98 Å². The van der Waals surface area contributed by atoms with Crippen LogP contribution in [0.5, 0.6) is 5.75 Å². The van der Waals surface area contributed by atoms with Crippen LogP contribution < -0.4 is 15.4 Å². The fourth-order valence-electron chi connectivity index (χ4n) is 1.85. The fraction of sp³-hybridized carbons (Fsp3) is 0.200. The van der Waals surface area contributed by atoms with Crippen LogP contribution in [0.2, 0.25) is 0 Å². The average molecular weight is 271 g/mol. The molecular weight excluding hydrogens is 254 g/mol. The smallest absolute Gasteiger partial charge is 0.259 e. The Morgan fingerprint density at radius 3 is 2.80 bits per heavy atom. The number of benzene rings is 1. The van der Waals surface area contributed by atoms with E-state index in [2.05, 4.69) is 4.98 Å². The molecule has 5 nitrogen and oxygen atoms in total. The summed E-state index contributed by atoms with van der Waals surface area (Å²) in [5, 5.41) is 0. The van der Waals surface area contributed by atoms with E-state index in [0.29, 0.717) is 29.4 Å². The summed E-state index contributed by atoms with van der Waals surface area (Å²) in [5.41, 5.74) is 6.77. The Hall–Kier alpha value is -2.56. The normalized spacial score (nSPS) is 10.1. The maximum atomic E-state index is 12.4. The number of rotatable bonds is 4. The van der Waals surface area contributed by atoms with Crippen molar-refractivity contribution in [1.29, 1.82) is 0 Å². The van der Waals surface area contributed by atoms with Crippen LogP contribution in [0.1, 0.15) is 17.3 Å². The Balaban J connectivity index is 2.29. The third kappa shape index (κ3) is 3.06. The van der Waals surface area contributed by atoms with Crippen LogP contribution in [0, 0.1) is 0 Å². The van der Waals surface area contributed by atoms with E-state index in [4.69, 9.17) is 10.5 Å². The van der Waals surface area contributed by atoms with Crippen molar-refractivity contribution in [2.45, 2.75) is 6.92 Å². The van der Waals surface area contributed by atoms with Gasteiger partial charge in [-0.1, -0.05) is 6.07 Å². The molecule has 2 aromatic rings. The maximum Gasteiger partial charge on any atom is 0.259 e. The largest absolute Gasteiger partial charge is 0.494 e. The third-order valence-electron chi connectivity index (χ3n) is 2.78. The van der Waals surface area contributed by atoms with Gasteiger partial charge in [0, 0.05) is 30.6 Å². The molecule has 0 saturated heterocycles. The quantitative estimate of drug-likeness (QED) is 0.867. The molecule has 2 rings (SSSR count). The Labute approximate surface area is 118 Å². The van der Waals surface area contributed by atoms with Crippen molar-refractivity contribution in [2.75, 3.05) is 24.3 Å². The van der Waals surface area contributed by atoms with E-state index in [0.717, 1.165) is 0 Å². The zero-order valence-corrected chi connectivity index (χ0v) is 11.5. The summed E-state index contributed by atoms with van der Waals surface area (Å²) in [6, 6.07) is 10.4. The van der Waals surface area contributed by atoms with E-state index in [-0.39, 0.29) is 5.91 Å². The Morgan fingerprint density at radius 1 is 1.35 bits per heavy atom. The number of carbonyl (C=O) groups is 1. The van der Waals surface area contributed by atoms with Gasteiger partial charge in [0.05, 0.1) is 6.61 Å². The zero-order chi connectivity index (χ0) is 14.5. The molecule has 0 aliphatic heterocycles. The number of hydrogen-bond donors (Lipinski definition) is 1. The summed E-state index contributed by atoms with van der Waals surface area (Å²) in [6.45, 7) is 2.40. The molecule has 1 aromatic heterocycles. The van der Waals surface area contributed by atoms with Gasteiger partial charge in [0.15, 0.2) is 0 Å². The number of carbonyl (C=O) groups excluding carboxylic acids is 1. The number of hydrogen-bond acceptors (Lipinski definition) is 4. The van der Waals surface area contributed by atoms with Gasteiger partial charge in [-0.25, -0.2) is 4.98 Å². The molecule has 0 aliphatic rings. The number of pyridine rings is 1. The Bertz CT molecular complexity index is 599. The molecule has 1 aromatic carbocycles. The Kier molecular flexibility index (Phi) is 4.20. The summed E-state index contributed by atoms with van der Waals surface area (Å²) < 4.78 is 5.40. The van der Waals surface area contributed by atoms with Gasteiger partial charge in [-0.2, -0.15) is 0 Å². The van der Waals surface area contributed by atoms with Gasteiger partial charge in [0.25, 0.3) is 5.91 Å². The highest BCUT2D eigenvalue weighted by Crippen LogP contribution is 2.21. The van der Waals surface area contributed by atoms with Crippen LogP contribution in [0.25, 0.3) is 0 Å². The molecule has 0 unspecified atom stereocenters. The van der Waals surface area contributed by atoms with Gasteiger partial charge in [-0.3, -0.25) is 9.69 Å². The average Bonchev–Trinajstić information content (AvgIpc) is 2.46. The molecule has 0 radical (unpaired) electrons. The van der Waals surface area contributed by atoms with Gasteiger partial charge < -0.3 is 10.5 Å². The summed E-state index contributed by atoms with van der Waals surface area (Å²) in [6.07, 6.45) is 1.64. The SMILES string of the molecule is CCOc1cc(N)cc(C(=O)N(C)c2ccccn2)c1. The highest BCUT2D eigenvalue weighted by Gasteiger charge is 2.15. The van der Waals surface area contributed by atoms with Crippen molar-refractivity contribution in [3.05, 3.63) is 48.2 Å². The molecule has 1 heterocycles. The number of nitrogen functional groups attached to an aromatic ring is 1. The number of anilines is 2. The van der Waals surface area contributed by atoms with Gasteiger partial charge >= 0.3 is 0 Å². The predicted molar refractivity (Wildman–Crippen MR) is 79.0 cm³/mol. The number of amides is 1. The molecule has 0 atom stereocenters. The number of nitrogens with two attached hydrogens (primary N) is 1. The topological polar surface area (TPSA) is 68.5 Å². The van der Waals surface area contributed by atoms with Crippen molar-refractivity contribution >= 4 is 17.4 Å². The molecule has 5 heteroatoms. The van der Waals surface area contributed by atoms with E-state index in [1.54, 1.807) is 43.6 Å². The zero-order valence-electron chi connectivity index (χ0n) is 11.5. The van der Waals surface area contributed by atoms with E-state index in [1.807, 2.05) is 13.0 Å². The highest BCUT2D eigenvalue weighted by atomic mass is 16.5. The molecule has 0 saturated carbocycles. The van der Waals surface area contributed by atoms with Gasteiger partial charge in [-0.15, -0.1) is 0 Å². The highest BCUT2D eigenvalue weighted by molar-refractivity contribution is 6.05. The van der Waals surface area contributed by atoms with Crippen LogP contribution in [0.3, 0.4) is 0 Å². The second-order valence-corrected chi connectivity index (χ2v) is 4.28. The maximum absolute atomic E-state index is 12.4. The number of ether oxygens (including phenoxy) is 1. The van der Waals surface area contributed by atoms with Crippen LogP contribution in [-0.2, 0) is 0 Å². The van der Waals surface area contributed by atoms with E-state index in [1.165, 1.54) is 4.90 Å². The van der Waals surface area contributed by atoms with Crippen LogP contribution in [-0.4, -0.2) is 24.5 Å². The second-order valence-electron chi connectivity index (χ2n) is 4.28. The molecule has 0 aliphatic carbocycles. The van der Waals surface area contributed by atoms with E-state index >= 15 is 0 Å². The first-order chi connectivity index (χ1) is 9.61. The molecule has 2 N–H and O–H groups in total. The lowest BCUT2D eigenvalue weighted by Crippen LogP contribution is -2.27. The minimum absolute atomic E-state index is 0.183. The first kappa shape index (κ1) is 13.9. The van der Waals surface area contributed by atoms with E-state index in [9.17, 15) is 4.79 Å². The van der Waals surface area contributed by atoms with Crippen molar-refractivity contribution < 1.29 is 9.53 Å². The lowest BCUT2D eigenvalue weighted by atomic mass is 10.1. The summed E-state index contributed by atoms with van der Waals surface area (Å²) in [7, 11) is 1.67. The number of nitrogens with zero attached hydrogens (tertiary/aromatic N) is 2. The monoisotopic (exact) mass is 271 g/mol. The van der Waals surface area contributed by atoms with Crippen LogP contribution in [0.4, 0.5) is 11.5 Å². The number of aromatic nitrogens is 1.